The maximum atomic E-state index is 12.6. The third-order valence-electron chi connectivity index (χ3n) is 5.92. The fourth-order valence-electron chi connectivity index (χ4n) is 4.03. The Balaban J connectivity index is 1.42. The van der Waals surface area contributed by atoms with Crippen LogP contribution in [0.25, 0.3) is 0 Å². The monoisotopic (exact) mass is 522 g/mol. The molecule has 13 heteroatoms. The Morgan fingerprint density at radius 1 is 0.973 bits per heavy atom. The van der Waals surface area contributed by atoms with Crippen LogP contribution in [0.5, 0.6) is 0 Å². The van der Waals surface area contributed by atoms with Crippen molar-refractivity contribution in [1.82, 2.24) is 4.90 Å². The number of hydrogen-bond acceptors (Lipinski definition) is 10. The summed E-state index contributed by atoms with van der Waals surface area (Å²) in [6.07, 6.45) is 0.584. The van der Waals surface area contributed by atoms with Gasteiger partial charge in [0.25, 0.3) is 11.8 Å². The molecule has 0 spiro atoms. The molecule has 190 valence electrons. The van der Waals surface area contributed by atoms with E-state index in [0.29, 0.717) is 54.2 Å². The van der Waals surface area contributed by atoms with E-state index in [1.165, 1.54) is 4.90 Å². The lowest BCUT2D eigenvalue weighted by Gasteiger charge is -2.25. The molecule has 3 aromatic rings. The minimum atomic E-state index is -0.727. The molecule has 2 heterocycles. The van der Waals surface area contributed by atoms with Crippen molar-refractivity contribution < 1.29 is 19.4 Å². The van der Waals surface area contributed by atoms with Crippen LogP contribution in [0.3, 0.4) is 0 Å². The third kappa shape index (κ3) is 5.21. The van der Waals surface area contributed by atoms with Crippen molar-refractivity contribution in [2.24, 2.45) is 10.2 Å². The number of fused-ring (bicyclic) bond motifs is 1. The number of rotatable bonds is 10. The van der Waals surface area contributed by atoms with Crippen molar-refractivity contribution in [2.75, 3.05) is 24.5 Å². The Hall–Kier alpha value is -4.52. The van der Waals surface area contributed by atoms with Gasteiger partial charge in [-0.25, -0.2) is 0 Å². The average molecular weight is 523 g/mol. The molecule has 2 aromatic carbocycles. The maximum absolute atomic E-state index is 12.6. The van der Waals surface area contributed by atoms with E-state index in [-0.39, 0.29) is 21.8 Å². The maximum Gasteiger partial charge on any atom is 0.333 e. The van der Waals surface area contributed by atoms with Gasteiger partial charge in [-0.2, -0.15) is 0 Å². The molecule has 0 radical (unpaired) electrons. The van der Waals surface area contributed by atoms with E-state index in [4.69, 9.17) is 0 Å². The molecule has 1 aliphatic heterocycles. The van der Waals surface area contributed by atoms with Crippen LogP contribution in [0.2, 0.25) is 0 Å². The number of carbonyl (C=O) groups excluding carboxylic acids is 2. The van der Waals surface area contributed by atoms with Crippen LogP contribution in [0.1, 0.15) is 39.6 Å². The Kier molecular flexibility index (Phi) is 7.34. The Morgan fingerprint density at radius 2 is 1.65 bits per heavy atom. The van der Waals surface area contributed by atoms with Crippen LogP contribution in [-0.2, 0) is 0 Å². The number of aryl methyl sites for hydroxylation is 1. The number of anilines is 1. The van der Waals surface area contributed by atoms with Gasteiger partial charge in [-0.3, -0.25) is 34.7 Å². The highest BCUT2D eigenvalue weighted by Gasteiger charge is 2.34. The average Bonchev–Trinajstić information content (AvgIpc) is 3.42. The summed E-state index contributed by atoms with van der Waals surface area (Å²) in [5, 5.41) is 29.6. The smallest absolute Gasteiger partial charge is 0.333 e. The number of benzene rings is 2. The van der Waals surface area contributed by atoms with Gasteiger partial charge in [0.05, 0.1) is 26.7 Å². The predicted octanol–water partition coefficient (Wildman–Crippen LogP) is 5.80. The highest BCUT2D eigenvalue weighted by Crippen LogP contribution is 2.42. The number of carbonyl (C=O) groups is 2. The quantitative estimate of drug-likeness (QED) is 0.141. The van der Waals surface area contributed by atoms with Gasteiger partial charge >= 0.3 is 10.7 Å². The first-order valence-electron chi connectivity index (χ1n) is 11.4. The minimum Gasteiger partial charge on any atom is -0.372 e. The first-order valence-corrected chi connectivity index (χ1v) is 12.2. The Morgan fingerprint density at radius 3 is 2.22 bits per heavy atom. The minimum absolute atomic E-state index is 0.150. The number of imide groups is 1. The summed E-state index contributed by atoms with van der Waals surface area (Å²) in [4.78, 5) is 49.2. The molecule has 2 amide bonds. The van der Waals surface area contributed by atoms with Crippen LogP contribution in [-0.4, -0.2) is 46.2 Å². The molecule has 0 saturated heterocycles. The second-order valence-electron chi connectivity index (χ2n) is 8.20. The number of thiophene rings is 1. The first-order chi connectivity index (χ1) is 17.7. The van der Waals surface area contributed by atoms with Gasteiger partial charge in [0, 0.05) is 25.3 Å². The zero-order chi connectivity index (χ0) is 26.7. The van der Waals surface area contributed by atoms with E-state index in [9.17, 15) is 29.8 Å². The molecule has 0 unspecified atom stereocenters. The number of azo groups is 1. The molecule has 0 atom stereocenters. The van der Waals surface area contributed by atoms with Gasteiger partial charge in [0.2, 0.25) is 5.00 Å². The number of nitrogens with zero attached hydrogens (tertiary/aromatic N) is 6. The Labute approximate surface area is 215 Å². The molecule has 4 rings (SSSR count). The standard InChI is InChI=1S/C24H22N6O6S/c1-3-27(11-6-12-28-23(31)17-7-4-5-8-18(17)24(28)32)16-9-10-19(15(2)13-16)25-26-22-20(29(33)34)14-21(37-22)30(35)36/h4-5,7-10,13-14H,3,6,11-12H2,1-2H3. The Bertz CT molecular complexity index is 1400. The fourth-order valence-corrected chi connectivity index (χ4v) is 4.79. The van der Waals surface area contributed by atoms with E-state index in [0.717, 1.165) is 17.3 Å². The number of hydrogen-bond donors (Lipinski definition) is 0. The molecule has 1 aromatic heterocycles. The molecule has 0 N–H and O–H groups in total. The summed E-state index contributed by atoms with van der Waals surface area (Å²) in [5.41, 5.74) is 2.53. The van der Waals surface area contributed by atoms with Gasteiger partial charge in [-0.15, -0.1) is 10.2 Å². The van der Waals surface area contributed by atoms with Crippen molar-refractivity contribution in [1.29, 1.82) is 0 Å². The van der Waals surface area contributed by atoms with Crippen molar-refractivity contribution in [2.45, 2.75) is 20.3 Å². The van der Waals surface area contributed by atoms with Gasteiger partial charge in [0.15, 0.2) is 0 Å². The van der Waals surface area contributed by atoms with Crippen LogP contribution in [0.4, 0.5) is 27.1 Å². The molecule has 37 heavy (non-hydrogen) atoms. The van der Waals surface area contributed by atoms with Crippen LogP contribution >= 0.6 is 11.3 Å². The second-order valence-corrected chi connectivity index (χ2v) is 9.21. The van der Waals surface area contributed by atoms with Gasteiger partial charge < -0.3 is 4.90 Å². The third-order valence-corrected chi connectivity index (χ3v) is 6.88. The van der Waals surface area contributed by atoms with Crippen molar-refractivity contribution >= 4 is 50.2 Å². The van der Waals surface area contributed by atoms with Crippen LogP contribution in [0.15, 0.2) is 58.8 Å². The summed E-state index contributed by atoms with van der Waals surface area (Å²) in [7, 11) is 0. The van der Waals surface area contributed by atoms with Crippen LogP contribution < -0.4 is 4.90 Å². The van der Waals surface area contributed by atoms with Gasteiger partial charge in [-0.1, -0.05) is 12.1 Å². The molecular formula is C24H22N6O6S. The van der Waals surface area contributed by atoms with Crippen molar-refractivity contribution in [3.05, 3.63) is 85.4 Å². The number of nitro groups is 2. The number of amides is 2. The lowest BCUT2D eigenvalue weighted by Crippen LogP contribution is -2.33. The lowest BCUT2D eigenvalue weighted by atomic mass is 10.1. The van der Waals surface area contributed by atoms with E-state index >= 15 is 0 Å². The molecule has 12 nitrogen and oxygen atoms in total. The lowest BCUT2D eigenvalue weighted by molar-refractivity contribution is -0.389. The SMILES string of the molecule is CCN(CCCN1C(=O)c2ccccc2C1=O)c1ccc(N=Nc2sc([N+](=O)[O-])cc2[N+](=O)[O-])c(C)c1. The van der Waals surface area contributed by atoms with Crippen LogP contribution in [0, 0.1) is 27.2 Å². The topological polar surface area (TPSA) is 152 Å². The predicted molar refractivity (Wildman–Crippen MR) is 137 cm³/mol. The highest BCUT2D eigenvalue weighted by molar-refractivity contribution is 7.19. The van der Waals surface area contributed by atoms with Crippen molar-refractivity contribution in [3.63, 3.8) is 0 Å². The van der Waals surface area contributed by atoms with E-state index in [1.54, 1.807) is 30.3 Å². The molecule has 0 fully saturated rings. The fraction of sp³-hybridized carbons (Fsp3) is 0.250. The van der Waals surface area contributed by atoms with Crippen molar-refractivity contribution in [3.8, 4) is 0 Å². The summed E-state index contributed by atoms with van der Waals surface area (Å²) >= 11 is 0.587. The summed E-state index contributed by atoms with van der Waals surface area (Å²) in [6.45, 7) is 5.41. The largest absolute Gasteiger partial charge is 0.372 e. The summed E-state index contributed by atoms with van der Waals surface area (Å²) in [5.74, 6) is -0.545. The van der Waals surface area contributed by atoms with Gasteiger partial charge in [-0.05, 0) is 67.5 Å². The second kappa shape index (κ2) is 10.6. The van der Waals surface area contributed by atoms with E-state index in [1.807, 2.05) is 26.0 Å². The van der Waals surface area contributed by atoms with E-state index in [2.05, 4.69) is 15.1 Å². The zero-order valence-electron chi connectivity index (χ0n) is 20.0. The molecule has 0 bridgehead atoms. The van der Waals surface area contributed by atoms with Gasteiger partial charge in [0.1, 0.15) is 6.07 Å². The summed E-state index contributed by atoms with van der Waals surface area (Å²) < 4.78 is 0. The normalized spacial score (nSPS) is 12.9. The molecular weight excluding hydrogens is 500 g/mol. The highest BCUT2D eigenvalue weighted by atomic mass is 32.1. The molecule has 1 aliphatic rings. The zero-order valence-corrected chi connectivity index (χ0v) is 20.8. The molecule has 0 saturated carbocycles. The molecule has 0 aliphatic carbocycles. The van der Waals surface area contributed by atoms with E-state index < -0.39 is 15.5 Å². The summed E-state index contributed by atoms with van der Waals surface area (Å²) in [6, 6.07) is 13.1. The first kappa shape index (κ1) is 25.6.